The zero-order valence-corrected chi connectivity index (χ0v) is 18.7. The van der Waals surface area contributed by atoms with E-state index in [2.05, 4.69) is 11.8 Å². The van der Waals surface area contributed by atoms with Gasteiger partial charge < -0.3 is 14.3 Å². The van der Waals surface area contributed by atoms with Gasteiger partial charge in [-0.25, -0.2) is 13.6 Å². The lowest BCUT2D eigenvalue weighted by atomic mass is 9.95. The summed E-state index contributed by atoms with van der Waals surface area (Å²) >= 11 is 0. The average molecular weight is 456 g/mol. The van der Waals surface area contributed by atoms with Crippen LogP contribution >= 0.6 is 0 Å². The van der Waals surface area contributed by atoms with E-state index in [0.29, 0.717) is 18.1 Å². The fourth-order valence-electron chi connectivity index (χ4n) is 4.26. The molecular weight excluding hydrogens is 428 g/mol. The van der Waals surface area contributed by atoms with Crippen molar-refractivity contribution in [2.45, 2.75) is 38.7 Å². The molecule has 0 spiro atoms. The second kappa shape index (κ2) is 9.35. The van der Waals surface area contributed by atoms with Crippen molar-refractivity contribution in [2.75, 3.05) is 19.7 Å². The molecule has 0 aliphatic carbocycles. The number of aliphatic carboxylic acids is 1. The summed E-state index contributed by atoms with van der Waals surface area (Å²) in [4.78, 5) is 13.1. The Morgan fingerprint density at radius 2 is 1.94 bits per heavy atom. The molecule has 4 rings (SSSR count). The van der Waals surface area contributed by atoms with E-state index in [9.17, 15) is 13.6 Å². The maximum absolute atomic E-state index is 13.4. The number of halogens is 2. The maximum Gasteiger partial charge on any atom is 0.341 e. The lowest BCUT2D eigenvalue weighted by Gasteiger charge is -2.21. The molecule has 174 valence electrons. The lowest BCUT2D eigenvalue weighted by Crippen LogP contribution is -2.27. The number of carboxylic acid groups (broad SMARTS) is 1. The van der Waals surface area contributed by atoms with E-state index in [0.717, 1.165) is 37.8 Å². The maximum atomic E-state index is 13.4. The highest BCUT2D eigenvalue weighted by atomic mass is 19.3. The Bertz CT molecular complexity index is 1120. The first-order valence-corrected chi connectivity index (χ1v) is 11.0. The summed E-state index contributed by atoms with van der Waals surface area (Å²) in [7, 11) is 0. The predicted octanol–water partition coefficient (Wildman–Crippen LogP) is 5.68. The number of hydrogen-bond acceptors (Lipinski definition) is 4. The van der Waals surface area contributed by atoms with E-state index in [-0.39, 0.29) is 18.1 Å². The highest BCUT2D eigenvalue weighted by Gasteiger charge is 2.24. The standard InChI is InChI=1S/C26H27F2NO4/c1-17-14-29(12-11-18-5-8-21(13-23(17)18)32-16-25(30)31)15-22-9-10-24(33-22)19-3-6-20(7-4-19)26(2,27)28/h3-10,13,17H,11-12,14-16H2,1-2H3,(H,30,31). The molecule has 1 aliphatic heterocycles. The Morgan fingerprint density at radius 3 is 2.64 bits per heavy atom. The molecule has 1 aromatic heterocycles. The van der Waals surface area contributed by atoms with E-state index in [4.69, 9.17) is 14.3 Å². The molecule has 33 heavy (non-hydrogen) atoms. The third kappa shape index (κ3) is 5.60. The van der Waals surface area contributed by atoms with E-state index in [1.807, 2.05) is 30.3 Å². The number of ether oxygens (including phenoxy) is 1. The second-order valence-electron chi connectivity index (χ2n) is 8.66. The van der Waals surface area contributed by atoms with Crippen molar-refractivity contribution in [1.82, 2.24) is 4.90 Å². The summed E-state index contributed by atoms with van der Waals surface area (Å²) in [5.74, 6) is -1.58. The van der Waals surface area contributed by atoms with Gasteiger partial charge in [-0.1, -0.05) is 37.3 Å². The van der Waals surface area contributed by atoms with Crippen LogP contribution in [0.15, 0.2) is 59.0 Å². The molecule has 7 heteroatoms. The van der Waals surface area contributed by atoms with Gasteiger partial charge in [0.2, 0.25) is 0 Å². The smallest absolute Gasteiger partial charge is 0.341 e. The minimum Gasteiger partial charge on any atom is -0.482 e. The zero-order chi connectivity index (χ0) is 23.6. The van der Waals surface area contributed by atoms with Gasteiger partial charge >= 0.3 is 5.97 Å². The third-order valence-corrected chi connectivity index (χ3v) is 5.96. The molecule has 0 saturated carbocycles. The van der Waals surface area contributed by atoms with Crippen LogP contribution in [0.1, 0.15) is 42.2 Å². The van der Waals surface area contributed by atoms with Crippen molar-refractivity contribution in [3.05, 3.63) is 77.0 Å². The fourth-order valence-corrected chi connectivity index (χ4v) is 4.26. The van der Waals surface area contributed by atoms with Crippen LogP contribution in [0.25, 0.3) is 11.3 Å². The summed E-state index contributed by atoms with van der Waals surface area (Å²) in [5, 5.41) is 8.83. The van der Waals surface area contributed by atoms with Crippen LogP contribution in [0.5, 0.6) is 5.75 Å². The van der Waals surface area contributed by atoms with E-state index >= 15 is 0 Å². The molecule has 1 atom stereocenters. The summed E-state index contributed by atoms with van der Waals surface area (Å²) in [5.41, 5.74) is 3.15. The predicted molar refractivity (Wildman–Crippen MR) is 121 cm³/mol. The quantitative estimate of drug-likeness (QED) is 0.496. The highest BCUT2D eigenvalue weighted by Crippen LogP contribution is 2.32. The number of nitrogens with zero attached hydrogens (tertiary/aromatic N) is 1. The number of carboxylic acids is 1. The molecule has 0 saturated heterocycles. The van der Waals surface area contributed by atoms with E-state index in [1.165, 1.54) is 23.3 Å². The Kier molecular flexibility index (Phi) is 6.51. The van der Waals surface area contributed by atoms with Gasteiger partial charge in [-0.3, -0.25) is 4.90 Å². The van der Waals surface area contributed by atoms with Gasteiger partial charge in [0.1, 0.15) is 17.3 Å². The minimum atomic E-state index is -2.86. The molecule has 5 nitrogen and oxygen atoms in total. The van der Waals surface area contributed by atoms with Crippen molar-refractivity contribution >= 4 is 5.97 Å². The first-order chi connectivity index (χ1) is 15.7. The molecule has 1 unspecified atom stereocenters. The van der Waals surface area contributed by atoms with Crippen molar-refractivity contribution in [3.8, 4) is 17.1 Å². The monoisotopic (exact) mass is 455 g/mol. The Morgan fingerprint density at radius 1 is 1.18 bits per heavy atom. The van der Waals surface area contributed by atoms with Gasteiger partial charge in [0.05, 0.1) is 6.54 Å². The van der Waals surface area contributed by atoms with Crippen molar-refractivity contribution in [3.63, 3.8) is 0 Å². The number of alkyl halides is 2. The van der Waals surface area contributed by atoms with Crippen LogP contribution < -0.4 is 4.74 Å². The fraction of sp³-hybridized carbons (Fsp3) is 0.346. The summed E-state index contributed by atoms with van der Waals surface area (Å²) < 4.78 is 38.3. The van der Waals surface area contributed by atoms with Gasteiger partial charge in [0, 0.05) is 31.1 Å². The molecular formula is C26H27F2NO4. The van der Waals surface area contributed by atoms with Crippen molar-refractivity contribution < 1.29 is 27.8 Å². The SMILES string of the molecule is CC1CN(Cc2ccc(-c3ccc(C(C)(F)F)cc3)o2)CCc2ccc(OCC(=O)O)cc21. The Hall–Kier alpha value is -3.19. The molecule has 0 radical (unpaired) electrons. The van der Waals surface area contributed by atoms with Gasteiger partial charge in [-0.2, -0.15) is 0 Å². The topological polar surface area (TPSA) is 62.9 Å². The molecule has 2 aromatic carbocycles. The van der Waals surface area contributed by atoms with Gasteiger partial charge in [0.15, 0.2) is 6.61 Å². The number of rotatable bonds is 7. The van der Waals surface area contributed by atoms with Crippen molar-refractivity contribution in [1.29, 1.82) is 0 Å². The average Bonchev–Trinajstić information content (AvgIpc) is 3.18. The van der Waals surface area contributed by atoms with Crippen LogP contribution in [0.3, 0.4) is 0 Å². The van der Waals surface area contributed by atoms with Crippen LogP contribution in [0.4, 0.5) is 8.78 Å². The molecule has 0 fully saturated rings. The molecule has 2 heterocycles. The second-order valence-corrected chi connectivity index (χ2v) is 8.66. The Labute approximate surface area is 191 Å². The van der Waals surface area contributed by atoms with Gasteiger partial charge in [-0.05, 0) is 47.7 Å². The largest absolute Gasteiger partial charge is 0.482 e. The summed E-state index contributed by atoms with van der Waals surface area (Å²) in [6, 6.07) is 15.8. The first-order valence-electron chi connectivity index (χ1n) is 11.0. The van der Waals surface area contributed by atoms with Gasteiger partial charge in [0.25, 0.3) is 5.92 Å². The van der Waals surface area contributed by atoms with Gasteiger partial charge in [-0.15, -0.1) is 0 Å². The summed E-state index contributed by atoms with van der Waals surface area (Å²) in [6.45, 7) is 5.01. The number of carbonyl (C=O) groups is 1. The Balaban J connectivity index is 1.42. The number of furan rings is 1. The molecule has 0 amide bonds. The van der Waals surface area contributed by atoms with E-state index < -0.39 is 11.9 Å². The van der Waals surface area contributed by atoms with Crippen LogP contribution in [-0.4, -0.2) is 35.7 Å². The summed E-state index contributed by atoms with van der Waals surface area (Å²) in [6.07, 6.45) is 0.874. The van der Waals surface area contributed by atoms with Crippen LogP contribution in [0, 0.1) is 0 Å². The molecule has 1 N–H and O–H groups in total. The van der Waals surface area contributed by atoms with Crippen molar-refractivity contribution in [2.24, 2.45) is 0 Å². The normalized spacial score (nSPS) is 16.8. The third-order valence-electron chi connectivity index (χ3n) is 5.96. The van der Waals surface area contributed by atoms with Crippen LogP contribution in [-0.2, 0) is 23.7 Å². The molecule has 1 aliphatic rings. The number of hydrogen-bond donors (Lipinski definition) is 1. The minimum absolute atomic E-state index is 0.0207. The zero-order valence-electron chi connectivity index (χ0n) is 18.7. The highest BCUT2D eigenvalue weighted by molar-refractivity contribution is 5.68. The van der Waals surface area contributed by atoms with Crippen LogP contribution in [0.2, 0.25) is 0 Å². The lowest BCUT2D eigenvalue weighted by molar-refractivity contribution is -0.139. The molecule has 0 bridgehead atoms. The van der Waals surface area contributed by atoms with E-state index in [1.54, 1.807) is 12.1 Å². The first kappa shape index (κ1) is 23.0. The number of benzene rings is 2. The molecule has 3 aromatic rings. The number of fused-ring (bicyclic) bond motifs is 1.